The largest absolute Gasteiger partial charge is 0.490 e. The minimum Gasteiger partial charge on any atom is -0.490 e. The van der Waals surface area contributed by atoms with E-state index in [2.05, 4.69) is 0 Å². The highest BCUT2D eigenvalue weighted by atomic mass is 35.5. The zero-order valence-corrected chi connectivity index (χ0v) is 21.7. The molecule has 0 aromatic heterocycles. The van der Waals surface area contributed by atoms with E-state index in [9.17, 15) is 14.4 Å². The van der Waals surface area contributed by atoms with E-state index in [0.29, 0.717) is 10.6 Å². The van der Waals surface area contributed by atoms with Gasteiger partial charge in [-0.3, -0.25) is 14.5 Å². The third kappa shape index (κ3) is 5.93. The van der Waals surface area contributed by atoms with E-state index in [1.807, 2.05) is 31.2 Å². The molecule has 1 fully saturated rings. The summed E-state index contributed by atoms with van der Waals surface area (Å²) in [6.07, 6.45) is 1.57. The molecule has 0 bridgehead atoms. The van der Waals surface area contributed by atoms with E-state index >= 15 is 0 Å². The lowest BCUT2D eigenvalue weighted by atomic mass is 10.1. The van der Waals surface area contributed by atoms with Crippen LogP contribution in [0.4, 0.5) is 4.79 Å². The van der Waals surface area contributed by atoms with Crippen LogP contribution in [0.3, 0.4) is 0 Å². The number of nitrogens with zero attached hydrogens (tertiary/aromatic N) is 1. The van der Waals surface area contributed by atoms with Crippen LogP contribution in [0.25, 0.3) is 6.08 Å². The summed E-state index contributed by atoms with van der Waals surface area (Å²) in [5, 5.41) is 0.156. The summed E-state index contributed by atoms with van der Waals surface area (Å²) in [5.74, 6) is -0.764. The first-order valence-electron chi connectivity index (χ1n) is 11.0. The second kappa shape index (κ2) is 11.2. The molecule has 0 aliphatic carbocycles. The molecule has 1 aliphatic heterocycles. The Labute approximate surface area is 222 Å². The monoisotopic (exact) mass is 541 g/mol. The SMILES string of the molecule is CCOc1cc(/C=C2\SC(=O)N(Cc3ccc(C)cc3)C2=O)cc(Cl)c1OC(=O)c1cccc(Cl)c1. The van der Waals surface area contributed by atoms with Crippen LogP contribution in [0.2, 0.25) is 10.0 Å². The fourth-order valence-corrected chi connectivity index (χ4v) is 4.75. The number of imide groups is 1. The number of hydrogen-bond donors (Lipinski definition) is 0. The van der Waals surface area contributed by atoms with Crippen molar-refractivity contribution in [2.75, 3.05) is 6.61 Å². The Bertz CT molecular complexity index is 1370. The van der Waals surface area contributed by atoms with Gasteiger partial charge >= 0.3 is 5.97 Å². The third-order valence-electron chi connectivity index (χ3n) is 5.22. The van der Waals surface area contributed by atoms with Gasteiger partial charge < -0.3 is 9.47 Å². The molecule has 3 aromatic carbocycles. The molecule has 1 heterocycles. The molecule has 0 radical (unpaired) electrons. The molecule has 2 amide bonds. The van der Waals surface area contributed by atoms with Crippen molar-refractivity contribution in [3.05, 3.63) is 97.9 Å². The maximum absolute atomic E-state index is 13.0. The van der Waals surface area contributed by atoms with Gasteiger partial charge in [-0.25, -0.2) is 4.79 Å². The molecule has 0 unspecified atom stereocenters. The number of thioether (sulfide) groups is 1. The first-order chi connectivity index (χ1) is 17.2. The van der Waals surface area contributed by atoms with Crippen LogP contribution in [-0.4, -0.2) is 28.6 Å². The molecule has 1 aliphatic rings. The Kier molecular flexibility index (Phi) is 8.04. The third-order valence-corrected chi connectivity index (χ3v) is 6.64. The van der Waals surface area contributed by atoms with Crippen LogP contribution >= 0.6 is 35.0 Å². The minimum atomic E-state index is -0.648. The number of ether oxygens (including phenoxy) is 2. The molecule has 184 valence electrons. The lowest BCUT2D eigenvalue weighted by molar-refractivity contribution is -0.123. The zero-order valence-electron chi connectivity index (χ0n) is 19.4. The Morgan fingerprint density at radius 3 is 2.50 bits per heavy atom. The topological polar surface area (TPSA) is 72.9 Å². The fourth-order valence-electron chi connectivity index (χ4n) is 3.46. The number of amides is 2. The van der Waals surface area contributed by atoms with Crippen molar-refractivity contribution >= 4 is 58.2 Å². The number of hydrogen-bond acceptors (Lipinski definition) is 6. The van der Waals surface area contributed by atoms with Gasteiger partial charge in [0.1, 0.15) is 0 Å². The second-order valence-corrected chi connectivity index (χ2v) is 9.75. The normalized spacial score (nSPS) is 14.4. The van der Waals surface area contributed by atoms with Crippen LogP contribution < -0.4 is 9.47 Å². The standard InChI is InChI=1S/C27H21Cl2NO5S/c1-3-34-22-12-18(11-21(29)24(22)35-26(32)19-5-4-6-20(28)14-19)13-23-25(31)30(27(33)36-23)15-17-9-7-16(2)8-10-17/h4-14H,3,15H2,1-2H3/b23-13-. The fraction of sp³-hybridized carbons (Fsp3) is 0.148. The van der Waals surface area contributed by atoms with E-state index < -0.39 is 11.9 Å². The number of rotatable bonds is 7. The zero-order chi connectivity index (χ0) is 25.8. The van der Waals surface area contributed by atoms with E-state index in [-0.39, 0.29) is 45.4 Å². The van der Waals surface area contributed by atoms with Crippen LogP contribution in [-0.2, 0) is 11.3 Å². The van der Waals surface area contributed by atoms with Gasteiger partial charge in [-0.15, -0.1) is 0 Å². The maximum Gasteiger partial charge on any atom is 0.343 e. The highest BCUT2D eigenvalue weighted by Crippen LogP contribution is 2.40. The van der Waals surface area contributed by atoms with Gasteiger partial charge in [0.15, 0.2) is 11.5 Å². The first-order valence-corrected chi connectivity index (χ1v) is 12.6. The van der Waals surface area contributed by atoms with Crippen molar-refractivity contribution < 1.29 is 23.9 Å². The molecule has 1 saturated heterocycles. The molecule has 4 rings (SSSR count). The number of carbonyl (C=O) groups excluding carboxylic acids is 3. The second-order valence-electron chi connectivity index (χ2n) is 7.92. The first kappa shape index (κ1) is 25.8. The van der Waals surface area contributed by atoms with Gasteiger partial charge in [-0.05, 0) is 73.1 Å². The molecule has 0 atom stereocenters. The van der Waals surface area contributed by atoms with Crippen LogP contribution in [0.5, 0.6) is 11.5 Å². The average molecular weight is 542 g/mol. The summed E-state index contributed by atoms with van der Waals surface area (Å²) >= 11 is 13.3. The van der Waals surface area contributed by atoms with Gasteiger partial charge in [0, 0.05) is 5.02 Å². The molecule has 0 N–H and O–H groups in total. The van der Waals surface area contributed by atoms with Gasteiger partial charge in [0.05, 0.1) is 28.6 Å². The number of esters is 1. The Hall–Kier alpha value is -3.26. The van der Waals surface area contributed by atoms with Crippen LogP contribution in [0, 0.1) is 6.92 Å². The quantitative estimate of drug-likeness (QED) is 0.179. The molecule has 36 heavy (non-hydrogen) atoms. The number of aryl methyl sites for hydroxylation is 1. The lowest BCUT2D eigenvalue weighted by Gasteiger charge is -2.14. The summed E-state index contributed by atoms with van der Waals surface area (Å²) in [4.78, 5) is 39.6. The van der Waals surface area contributed by atoms with Gasteiger partial charge in [0.2, 0.25) is 0 Å². The predicted molar refractivity (Wildman–Crippen MR) is 142 cm³/mol. The molecule has 0 saturated carbocycles. The number of carbonyl (C=O) groups is 3. The molecule has 0 spiro atoms. The van der Waals surface area contributed by atoms with Crippen molar-refractivity contribution in [1.29, 1.82) is 0 Å². The van der Waals surface area contributed by atoms with Gasteiger partial charge in [-0.1, -0.05) is 59.1 Å². The molecular weight excluding hydrogens is 521 g/mol. The van der Waals surface area contributed by atoms with E-state index in [1.165, 1.54) is 11.0 Å². The summed E-state index contributed by atoms with van der Waals surface area (Å²) < 4.78 is 11.2. The molecular formula is C27H21Cl2NO5S. The summed E-state index contributed by atoms with van der Waals surface area (Å²) in [6.45, 7) is 4.22. The van der Waals surface area contributed by atoms with Crippen LogP contribution in [0.1, 0.15) is 34.0 Å². The number of benzene rings is 3. The summed E-state index contributed by atoms with van der Waals surface area (Å²) in [7, 11) is 0. The van der Waals surface area contributed by atoms with E-state index in [1.54, 1.807) is 43.3 Å². The van der Waals surface area contributed by atoms with E-state index in [0.717, 1.165) is 22.9 Å². The Morgan fingerprint density at radius 1 is 1.06 bits per heavy atom. The van der Waals surface area contributed by atoms with Crippen molar-refractivity contribution in [1.82, 2.24) is 4.90 Å². The molecule has 3 aromatic rings. The Balaban J connectivity index is 1.58. The maximum atomic E-state index is 13.0. The van der Waals surface area contributed by atoms with Crippen molar-refractivity contribution in [3.63, 3.8) is 0 Å². The minimum absolute atomic E-state index is 0.0492. The highest BCUT2D eigenvalue weighted by molar-refractivity contribution is 8.18. The number of halogens is 2. The molecule has 9 heteroatoms. The van der Waals surface area contributed by atoms with E-state index in [4.69, 9.17) is 32.7 Å². The summed E-state index contributed by atoms with van der Waals surface area (Å²) in [5.41, 5.74) is 2.73. The smallest absolute Gasteiger partial charge is 0.343 e. The van der Waals surface area contributed by atoms with Crippen molar-refractivity contribution in [2.45, 2.75) is 20.4 Å². The lowest BCUT2D eigenvalue weighted by Crippen LogP contribution is -2.27. The average Bonchev–Trinajstić information content (AvgIpc) is 3.10. The Morgan fingerprint density at radius 2 is 1.81 bits per heavy atom. The molecule has 6 nitrogen and oxygen atoms in total. The summed E-state index contributed by atoms with van der Waals surface area (Å²) in [6, 6.07) is 17.1. The van der Waals surface area contributed by atoms with Crippen molar-refractivity contribution in [3.8, 4) is 11.5 Å². The van der Waals surface area contributed by atoms with Gasteiger partial charge in [0.25, 0.3) is 11.1 Å². The van der Waals surface area contributed by atoms with Crippen molar-refractivity contribution in [2.24, 2.45) is 0 Å². The highest BCUT2D eigenvalue weighted by Gasteiger charge is 2.35. The predicted octanol–water partition coefficient (Wildman–Crippen LogP) is 7.16. The van der Waals surface area contributed by atoms with Crippen LogP contribution in [0.15, 0.2) is 65.6 Å². The van der Waals surface area contributed by atoms with Gasteiger partial charge in [-0.2, -0.15) is 0 Å².